The van der Waals surface area contributed by atoms with Crippen LogP contribution in [0.2, 0.25) is 0 Å². The Morgan fingerprint density at radius 1 is 1.38 bits per heavy atom. The number of rotatable bonds is 4. The van der Waals surface area contributed by atoms with Gasteiger partial charge in [0.1, 0.15) is 18.2 Å². The number of hydrogen-bond acceptors (Lipinski definition) is 2. The van der Waals surface area contributed by atoms with Crippen molar-refractivity contribution in [3.8, 4) is 5.75 Å². The molecule has 0 spiro atoms. The van der Waals surface area contributed by atoms with Crippen molar-refractivity contribution in [2.75, 3.05) is 26.2 Å². The minimum absolute atomic E-state index is 0.0530. The minimum atomic E-state index is -0.286. The summed E-state index contributed by atoms with van der Waals surface area (Å²) in [4.78, 5) is 12.9. The molecule has 1 aliphatic heterocycles. The number of nitrogens with zero attached hydrogens (tertiary/aromatic N) is 1. The van der Waals surface area contributed by atoms with Gasteiger partial charge in [0, 0.05) is 13.1 Å². The van der Waals surface area contributed by atoms with E-state index in [2.05, 4.69) is 5.32 Å². The van der Waals surface area contributed by atoms with E-state index in [1.807, 2.05) is 0 Å². The monoisotopic (exact) mass is 224 g/mol. The average Bonchev–Trinajstić information content (AvgIpc) is 2.68. The molecule has 2 rings (SSSR count). The Morgan fingerprint density at radius 3 is 2.75 bits per heavy atom. The van der Waals surface area contributed by atoms with E-state index in [1.54, 1.807) is 17.0 Å². The molecule has 0 aliphatic carbocycles. The Bertz CT molecular complexity index is 367. The number of nitrogens with one attached hydrogen (secondary N) is 1. The first-order valence-electron chi connectivity index (χ1n) is 5.17. The summed E-state index contributed by atoms with van der Waals surface area (Å²) in [7, 11) is 0. The number of hydrogen-bond donors (Lipinski definition) is 1. The zero-order valence-electron chi connectivity index (χ0n) is 8.78. The van der Waals surface area contributed by atoms with E-state index in [1.165, 1.54) is 12.1 Å². The smallest absolute Gasteiger partial charge is 0.317 e. The van der Waals surface area contributed by atoms with Crippen molar-refractivity contribution >= 4 is 6.03 Å². The molecule has 0 unspecified atom stereocenters. The molecule has 1 heterocycles. The third-order valence-corrected chi connectivity index (χ3v) is 2.39. The zero-order chi connectivity index (χ0) is 11.4. The highest BCUT2D eigenvalue weighted by atomic mass is 19.1. The fourth-order valence-corrected chi connectivity index (χ4v) is 1.53. The number of urea groups is 1. The number of amides is 2. The van der Waals surface area contributed by atoms with Gasteiger partial charge in [0.05, 0.1) is 6.54 Å². The van der Waals surface area contributed by atoms with Crippen molar-refractivity contribution in [2.45, 2.75) is 0 Å². The van der Waals surface area contributed by atoms with E-state index in [-0.39, 0.29) is 11.8 Å². The predicted molar refractivity (Wildman–Crippen MR) is 56.9 cm³/mol. The van der Waals surface area contributed by atoms with Crippen molar-refractivity contribution in [3.05, 3.63) is 30.1 Å². The molecule has 1 aromatic carbocycles. The van der Waals surface area contributed by atoms with Crippen molar-refractivity contribution in [1.29, 1.82) is 0 Å². The lowest BCUT2D eigenvalue weighted by molar-refractivity contribution is 0.202. The van der Waals surface area contributed by atoms with Crippen LogP contribution in [-0.2, 0) is 0 Å². The first-order chi connectivity index (χ1) is 7.75. The van der Waals surface area contributed by atoms with Gasteiger partial charge in [0.15, 0.2) is 0 Å². The van der Waals surface area contributed by atoms with Gasteiger partial charge in [-0.05, 0) is 24.3 Å². The molecule has 1 saturated heterocycles. The molecule has 86 valence electrons. The van der Waals surface area contributed by atoms with Gasteiger partial charge in [-0.2, -0.15) is 0 Å². The highest BCUT2D eigenvalue weighted by molar-refractivity contribution is 5.76. The molecule has 1 N–H and O–H groups in total. The van der Waals surface area contributed by atoms with Crippen LogP contribution in [0.15, 0.2) is 24.3 Å². The first kappa shape index (κ1) is 10.7. The highest BCUT2D eigenvalue weighted by Gasteiger charge is 2.18. The Balaban J connectivity index is 1.75. The standard InChI is InChI=1S/C11H13FN2O2/c12-9-1-3-10(4-2-9)16-8-7-14-6-5-13-11(14)15/h1-4H,5-8H2,(H,13,15). The summed E-state index contributed by atoms with van der Waals surface area (Å²) in [6.07, 6.45) is 0. The van der Waals surface area contributed by atoms with Crippen LogP contribution in [0.25, 0.3) is 0 Å². The van der Waals surface area contributed by atoms with Gasteiger partial charge in [0.25, 0.3) is 0 Å². The average molecular weight is 224 g/mol. The number of benzene rings is 1. The maximum atomic E-state index is 12.6. The van der Waals surface area contributed by atoms with Crippen LogP contribution in [0.1, 0.15) is 0 Å². The zero-order valence-corrected chi connectivity index (χ0v) is 8.78. The molecular weight excluding hydrogens is 211 g/mol. The molecule has 5 heteroatoms. The highest BCUT2D eigenvalue weighted by Crippen LogP contribution is 2.10. The lowest BCUT2D eigenvalue weighted by Gasteiger charge is -2.14. The van der Waals surface area contributed by atoms with Crippen molar-refractivity contribution in [2.24, 2.45) is 0 Å². The maximum Gasteiger partial charge on any atom is 0.317 e. The number of halogens is 1. The van der Waals surface area contributed by atoms with Crippen LogP contribution in [0.4, 0.5) is 9.18 Å². The molecule has 4 nitrogen and oxygen atoms in total. The first-order valence-corrected chi connectivity index (χ1v) is 5.17. The lowest BCUT2D eigenvalue weighted by atomic mass is 10.3. The quantitative estimate of drug-likeness (QED) is 0.835. The molecule has 0 bridgehead atoms. The summed E-state index contributed by atoms with van der Waals surface area (Å²) >= 11 is 0. The molecule has 16 heavy (non-hydrogen) atoms. The normalized spacial score (nSPS) is 15.1. The topological polar surface area (TPSA) is 41.6 Å². The molecule has 1 aliphatic rings. The summed E-state index contributed by atoms with van der Waals surface area (Å²) in [5.74, 6) is 0.326. The van der Waals surface area contributed by atoms with Crippen LogP contribution in [-0.4, -0.2) is 37.2 Å². The molecule has 1 fully saturated rings. The third kappa shape index (κ3) is 2.62. The number of ether oxygens (including phenoxy) is 1. The molecule has 2 amide bonds. The van der Waals surface area contributed by atoms with E-state index < -0.39 is 0 Å². The van der Waals surface area contributed by atoms with Crippen molar-refractivity contribution in [1.82, 2.24) is 10.2 Å². The molecular formula is C11H13FN2O2. The lowest BCUT2D eigenvalue weighted by Crippen LogP contribution is -2.31. The Labute approximate surface area is 93.0 Å². The maximum absolute atomic E-state index is 12.6. The predicted octanol–water partition coefficient (Wildman–Crippen LogP) is 1.23. The van der Waals surface area contributed by atoms with Crippen LogP contribution < -0.4 is 10.1 Å². The summed E-state index contributed by atoms with van der Waals surface area (Å²) in [6.45, 7) is 2.36. The third-order valence-electron chi connectivity index (χ3n) is 2.39. The van der Waals surface area contributed by atoms with Crippen LogP contribution >= 0.6 is 0 Å². The Morgan fingerprint density at radius 2 is 2.12 bits per heavy atom. The fourth-order valence-electron chi connectivity index (χ4n) is 1.53. The molecule has 0 radical (unpaired) electrons. The second-order valence-corrected chi connectivity index (χ2v) is 3.52. The second kappa shape index (κ2) is 4.83. The van der Waals surface area contributed by atoms with Crippen LogP contribution in [0.5, 0.6) is 5.75 Å². The van der Waals surface area contributed by atoms with Gasteiger partial charge in [0.2, 0.25) is 0 Å². The minimum Gasteiger partial charge on any atom is -0.492 e. The van der Waals surface area contributed by atoms with Gasteiger partial charge < -0.3 is 15.0 Å². The van der Waals surface area contributed by atoms with Gasteiger partial charge in [-0.1, -0.05) is 0 Å². The Hall–Kier alpha value is -1.78. The summed E-state index contributed by atoms with van der Waals surface area (Å²) in [5, 5.41) is 2.71. The number of carbonyl (C=O) groups is 1. The van der Waals surface area contributed by atoms with Gasteiger partial charge >= 0.3 is 6.03 Å². The summed E-state index contributed by atoms with van der Waals surface area (Å²) < 4.78 is 18.0. The van der Waals surface area contributed by atoms with Gasteiger partial charge in [-0.25, -0.2) is 9.18 Å². The van der Waals surface area contributed by atoms with Crippen molar-refractivity contribution in [3.63, 3.8) is 0 Å². The number of carbonyl (C=O) groups excluding carboxylic acids is 1. The summed E-state index contributed by atoms with van der Waals surface area (Å²) in [5.41, 5.74) is 0. The van der Waals surface area contributed by atoms with Gasteiger partial charge in [-0.3, -0.25) is 0 Å². The van der Waals surface area contributed by atoms with Crippen LogP contribution in [0.3, 0.4) is 0 Å². The largest absolute Gasteiger partial charge is 0.492 e. The van der Waals surface area contributed by atoms with E-state index in [0.29, 0.717) is 32.0 Å². The second-order valence-electron chi connectivity index (χ2n) is 3.52. The van der Waals surface area contributed by atoms with E-state index >= 15 is 0 Å². The Kier molecular flexibility index (Phi) is 3.24. The molecule has 0 aromatic heterocycles. The SMILES string of the molecule is O=C1NCCN1CCOc1ccc(F)cc1. The van der Waals surface area contributed by atoms with Crippen LogP contribution in [0, 0.1) is 5.82 Å². The molecule has 0 saturated carbocycles. The van der Waals surface area contributed by atoms with Crippen molar-refractivity contribution < 1.29 is 13.9 Å². The fraction of sp³-hybridized carbons (Fsp3) is 0.364. The summed E-state index contributed by atoms with van der Waals surface area (Å²) in [6, 6.07) is 5.77. The van der Waals surface area contributed by atoms with E-state index in [9.17, 15) is 9.18 Å². The van der Waals surface area contributed by atoms with E-state index in [4.69, 9.17) is 4.74 Å². The molecule has 1 aromatic rings. The molecule has 0 atom stereocenters. The van der Waals surface area contributed by atoms with E-state index in [0.717, 1.165) is 0 Å². The van der Waals surface area contributed by atoms with Gasteiger partial charge in [-0.15, -0.1) is 0 Å².